The Morgan fingerprint density at radius 3 is 2.61 bits per heavy atom. The second kappa shape index (κ2) is 9.99. The molecule has 0 aromatic heterocycles. The molecular weight excluding hydrogens is 364 g/mol. The van der Waals surface area contributed by atoms with Crippen molar-refractivity contribution in [2.75, 3.05) is 26.2 Å². The molecular formula is C16H21BrN2O4. The predicted octanol–water partition coefficient (Wildman–Crippen LogP) is 1.98. The third-order valence-electron chi connectivity index (χ3n) is 2.96. The van der Waals surface area contributed by atoms with Crippen molar-refractivity contribution in [2.24, 2.45) is 0 Å². The molecule has 0 radical (unpaired) electrons. The molecule has 126 valence electrons. The van der Waals surface area contributed by atoms with Crippen LogP contribution in [0.25, 0.3) is 0 Å². The number of hydrogen-bond acceptors (Lipinski definition) is 4. The van der Waals surface area contributed by atoms with Crippen LogP contribution in [0.4, 0.5) is 0 Å². The lowest BCUT2D eigenvalue weighted by Crippen LogP contribution is -2.43. The molecule has 0 saturated carbocycles. The van der Waals surface area contributed by atoms with Gasteiger partial charge in [0.2, 0.25) is 5.91 Å². The Kier molecular flexibility index (Phi) is 8.32. The van der Waals surface area contributed by atoms with E-state index in [1.165, 1.54) is 4.90 Å². The van der Waals surface area contributed by atoms with E-state index in [9.17, 15) is 14.4 Å². The number of benzene rings is 1. The Bertz CT molecular complexity index is 563. The highest BCUT2D eigenvalue weighted by molar-refractivity contribution is 9.10. The number of nitrogens with one attached hydrogen (secondary N) is 1. The number of carbonyl (C=O) groups excluding carboxylic acids is 3. The number of halogens is 1. The first kappa shape index (κ1) is 19.2. The quantitative estimate of drug-likeness (QED) is 0.695. The van der Waals surface area contributed by atoms with Gasteiger partial charge in [0.1, 0.15) is 6.54 Å². The lowest BCUT2D eigenvalue weighted by atomic mass is 10.2. The summed E-state index contributed by atoms with van der Waals surface area (Å²) in [5.74, 6) is -1.11. The molecule has 0 unspecified atom stereocenters. The Balaban J connectivity index is 2.57. The molecule has 0 spiro atoms. The topological polar surface area (TPSA) is 75.7 Å². The van der Waals surface area contributed by atoms with Gasteiger partial charge in [0.25, 0.3) is 5.91 Å². The summed E-state index contributed by atoms with van der Waals surface area (Å²) in [6.45, 7) is 4.06. The van der Waals surface area contributed by atoms with Gasteiger partial charge >= 0.3 is 5.97 Å². The van der Waals surface area contributed by atoms with Crippen LogP contribution >= 0.6 is 15.9 Å². The highest BCUT2D eigenvalue weighted by Gasteiger charge is 2.18. The molecule has 2 amide bonds. The molecule has 1 N–H and O–H groups in total. The molecule has 6 nitrogen and oxygen atoms in total. The predicted molar refractivity (Wildman–Crippen MR) is 90.0 cm³/mol. The third kappa shape index (κ3) is 6.81. The van der Waals surface area contributed by atoms with Gasteiger partial charge in [-0.3, -0.25) is 14.4 Å². The Hall–Kier alpha value is -1.89. The van der Waals surface area contributed by atoms with Gasteiger partial charge in [-0.25, -0.2) is 0 Å². The van der Waals surface area contributed by atoms with Gasteiger partial charge in [0.15, 0.2) is 0 Å². The molecule has 0 aliphatic carbocycles. The summed E-state index contributed by atoms with van der Waals surface area (Å²) in [4.78, 5) is 37.1. The number of esters is 1. The molecule has 0 atom stereocenters. The fraction of sp³-hybridized carbons (Fsp3) is 0.438. The number of rotatable bonds is 8. The van der Waals surface area contributed by atoms with Crippen molar-refractivity contribution in [1.82, 2.24) is 10.2 Å². The minimum Gasteiger partial charge on any atom is -0.465 e. The smallest absolute Gasteiger partial charge is 0.325 e. The molecule has 0 aliphatic rings. The summed E-state index contributed by atoms with van der Waals surface area (Å²) < 4.78 is 5.64. The number of nitrogens with zero attached hydrogens (tertiary/aromatic N) is 1. The highest BCUT2D eigenvalue weighted by Crippen LogP contribution is 2.11. The molecule has 0 bridgehead atoms. The maximum atomic E-state index is 12.2. The van der Waals surface area contributed by atoms with Gasteiger partial charge in [-0.2, -0.15) is 0 Å². The van der Waals surface area contributed by atoms with E-state index in [-0.39, 0.29) is 31.5 Å². The summed E-state index contributed by atoms with van der Waals surface area (Å²) in [6.07, 6.45) is 0.713. The molecule has 0 saturated heterocycles. The molecule has 1 rings (SSSR count). The summed E-state index contributed by atoms with van der Waals surface area (Å²) in [6, 6.07) is 6.88. The first-order valence-corrected chi connectivity index (χ1v) is 8.24. The maximum absolute atomic E-state index is 12.2. The highest BCUT2D eigenvalue weighted by atomic mass is 79.9. The van der Waals surface area contributed by atoms with Crippen LogP contribution in [0.5, 0.6) is 0 Å². The van der Waals surface area contributed by atoms with E-state index in [4.69, 9.17) is 4.74 Å². The Labute approximate surface area is 144 Å². The fourth-order valence-corrected chi connectivity index (χ4v) is 2.32. The molecule has 0 aliphatic heterocycles. The van der Waals surface area contributed by atoms with E-state index < -0.39 is 5.97 Å². The van der Waals surface area contributed by atoms with Gasteiger partial charge in [0.05, 0.1) is 13.2 Å². The van der Waals surface area contributed by atoms with Crippen molar-refractivity contribution < 1.29 is 19.1 Å². The lowest BCUT2D eigenvalue weighted by Gasteiger charge is -2.21. The lowest BCUT2D eigenvalue weighted by molar-refractivity contribution is -0.148. The SMILES string of the molecule is CCCN(CC(=O)OCC)C(=O)CNC(=O)c1cccc(Br)c1. The number of hydrogen-bond donors (Lipinski definition) is 1. The fourth-order valence-electron chi connectivity index (χ4n) is 1.92. The van der Waals surface area contributed by atoms with E-state index in [2.05, 4.69) is 21.2 Å². The summed E-state index contributed by atoms with van der Waals surface area (Å²) in [5.41, 5.74) is 0.458. The molecule has 1 aromatic carbocycles. The Morgan fingerprint density at radius 2 is 2.00 bits per heavy atom. The van der Waals surface area contributed by atoms with Gasteiger partial charge in [-0.15, -0.1) is 0 Å². The number of ether oxygens (including phenoxy) is 1. The molecule has 1 aromatic rings. The first-order valence-electron chi connectivity index (χ1n) is 7.45. The van der Waals surface area contributed by atoms with E-state index in [0.29, 0.717) is 18.5 Å². The van der Waals surface area contributed by atoms with Gasteiger partial charge in [-0.05, 0) is 31.5 Å². The van der Waals surface area contributed by atoms with Crippen molar-refractivity contribution in [2.45, 2.75) is 20.3 Å². The van der Waals surface area contributed by atoms with Crippen LogP contribution in [0.15, 0.2) is 28.7 Å². The van der Waals surface area contributed by atoms with Crippen molar-refractivity contribution in [1.29, 1.82) is 0 Å². The third-order valence-corrected chi connectivity index (χ3v) is 3.45. The van der Waals surface area contributed by atoms with Gasteiger partial charge in [-0.1, -0.05) is 28.9 Å². The van der Waals surface area contributed by atoms with Crippen LogP contribution in [-0.2, 0) is 14.3 Å². The zero-order valence-electron chi connectivity index (χ0n) is 13.3. The van der Waals surface area contributed by atoms with Crippen LogP contribution in [0.1, 0.15) is 30.6 Å². The largest absolute Gasteiger partial charge is 0.465 e. The average molecular weight is 385 g/mol. The van der Waals surface area contributed by atoms with Crippen molar-refractivity contribution in [3.05, 3.63) is 34.3 Å². The van der Waals surface area contributed by atoms with Crippen LogP contribution in [0.3, 0.4) is 0 Å². The standard InChI is InChI=1S/C16H21BrN2O4/c1-3-8-19(11-15(21)23-4-2)14(20)10-18-16(22)12-6-5-7-13(17)9-12/h5-7,9H,3-4,8,10-11H2,1-2H3,(H,18,22). The summed E-state index contributed by atoms with van der Waals surface area (Å²) in [5, 5.41) is 2.57. The van der Waals surface area contributed by atoms with Crippen LogP contribution < -0.4 is 5.32 Å². The van der Waals surface area contributed by atoms with Gasteiger partial charge < -0.3 is 15.0 Å². The second-order valence-corrected chi connectivity index (χ2v) is 5.73. The number of amides is 2. The van der Waals surface area contributed by atoms with Crippen molar-refractivity contribution in [3.63, 3.8) is 0 Å². The summed E-state index contributed by atoms with van der Waals surface area (Å²) >= 11 is 3.29. The zero-order chi connectivity index (χ0) is 17.2. The van der Waals surface area contributed by atoms with E-state index in [1.807, 2.05) is 13.0 Å². The zero-order valence-corrected chi connectivity index (χ0v) is 14.9. The summed E-state index contributed by atoms with van der Waals surface area (Å²) in [7, 11) is 0. The van der Waals surface area contributed by atoms with Crippen LogP contribution in [0.2, 0.25) is 0 Å². The minimum absolute atomic E-state index is 0.104. The van der Waals surface area contributed by atoms with E-state index >= 15 is 0 Å². The first-order chi connectivity index (χ1) is 11.0. The normalized spacial score (nSPS) is 10.0. The minimum atomic E-state index is -0.451. The maximum Gasteiger partial charge on any atom is 0.325 e. The average Bonchev–Trinajstić information content (AvgIpc) is 2.52. The van der Waals surface area contributed by atoms with Crippen molar-refractivity contribution in [3.8, 4) is 0 Å². The monoisotopic (exact) mass is 384 g/mol. The van der Waals surface area contributed by atoms with E-state index in [0.717, 1.165) is 4.47 Å². The van der Waals surface area contributed by atoms with Crippen molar-refractivity contribution >= 4 is 33.7 Å². The second-order valence-electron chi connectivity index (χ2n) is 4.81. The van der Waals surface area contributed by atoms with Gasteiger partial charge in [0, 0.05) is 16.6 Å². The van der Waals surface area contributed by atoms with Crippen LogP contribution in [-0.4, -0.2) is 48.9 Å². The van der Waals surface area contributed by atoms with Crippen LogP contribution in [0, 0.1) is 0 Å². The molecule has 7 heteroatoms. The van der Waals surface area contributed by atoms with E-state index in [1.54, 1.807) is 25.1 Å². The molecule has 0 fully saturated rings. The Morgan fingerprint density at radius 1 is 1.26 bits per heavy atom. The molecule has 0 heterocycles. The molecule has 23 heavy (non-hydrogen) atoms. The number of carbonyl (C=O) groups is 3.